The summed E-state index contributed by atoms with van der Waals surface area (Å²) in [5, 5.41) is 6.28. The van der Waals surface area contributed by atoms with Gasteiger partial charge in [0.2, 0.25) is 5.91 Å². The van der Waals surface area contributed by atoms with Gasteiger partial charge in [0.25, 0.3) is 0 Å². The standard InChI is InChI=1S/C20H32N4O2/c1-4-16(2)23-19(25)10-13-22-20(21-3)24-14-11-18(12-15-24)26-17-8-6-5-7-9-17/h5-9,16,18H,4,10-15H2,1-3H3,(H,21,22)(H,23,25). The van der Waals surface area contributed by atoms with E-state index in [0.29, 0.717) is 13.0 Å². The predicted molar refractivity (Wildman–Crippen MR) is 106 cm³/mol. The van der Waals surface area contributed by atoms with Crippen molar-refractivity contribution in [1.82, 2.24) is 15.5 Å². The van der Waals surface area contributed by atoms with Gasteiger partial charge in [-0.05, 0) is 25.5 Å². The lowest BCUT2D eigenvalue weighted by Gasteiger charge is -2.34. The number of nitrogens with zero attached hydrogens (tertiary/aromatic N) is 2. The molecule has 2 rings (SSSR count). The highest BCUT2D eigenvalue weighted by Crippen LogP contribution is 2.18. The fourth-order valence-corrected chi connectivity index (χ4v) is 2.95. The molecule has 1 fully saturated rings. The number of guanidine groups is 1. The lowest BCUT2D eigenvalue weighted by Crippen LogP contribution is -2.48. The normalized spacial score (nSPS) is 16.9. The van der Waals surface area contributed by atoms with Gasteiger partial charge in [0, 0.05) is 52.0 Å². The molecule has 1 saturated heterocycles. The van der Waals surface area contributed by atoms with Gasteiger partial charge in [-0.25, -0.2) is 0 Å². The molecule has 0 aliphatic carbocycles. The van der Waals surface area contributed by atoms with Gasteiger partial charge in [0.15, 0.2) is 5.96 Å². The number of hydrogen-bond acceptors (Lipinski definition) is 3. The first-order valence-corrected chi connectivity index (χ1v) is 9.59. The number of ether oxygens (including phenoxy) is 1. The van der Waals surface area contributed by atoms with E-state index in [4.69, 9.17) is 4.74 Å². The molecular weight excluding hydrogens is 328 g/mol. The number of para-hydroxylation sites is 1. The Labute approximate surface area is 157 Å². The minimum Gasteiger partial charge on any atom is -0.490 e. The average molecular weight is 361 g/mol. The summed E-state index contributed by atoms with van der Waals surface area (Å²) in [6.45, 7) is 6.48. The quantitative estimate of drug-likeness (QED) is 0.579. The summed E-state index contributed by atoms with van der Waals surface area (Å²) >= 11 is 0. The summed E-state index contributed by atoms with van der Waals surface area (Å²) in [6, 6.07) is 10.2. The van der Waals surface area contributed by atoms with Crippen molar-refractivity contribution >= 4 is 11.9 Å². The second-order valence-corrected chi connectivity index (χ2v) is 6.72. The van der Waals surface area contributed by atoms with Gasteiger partial charge in [-0.3, -0.25) is 9.79 Å². The summed E-state index contributed by atoms with van der Waals surface area (Å²) in [4.78, 5) is 18.4. The van der Waals surface area contributed by atoms with E-state index in [1.54, 1.807) is 7.05 Å². The number of rotatable bonds is 7. The summed E-state index contributed by atoms with van der Waals surface area (Å²) in [5.41, 5.74) is 0. The Hall–Kier alpha value is -2.24. The van der Waals surface area contributed by atoms with Crippen molar-refractivity contribution in [1.29, 1.82) is 0 Å². The van der Waals surface area contributed by atoms with Gasteiger partial charge in [0.05, 0.1) is 0 Å². The Morgan fingerprint density at radius 1 is 1.31 bits per heavy atom. The van der Waals surface area contributed by atoms with Crippen LogP contribution in [0.3, 0.4) is 0 Å². The van der Waals surface area contributed by atoms with Crippen molar-refractivity contribution in [2.75, 3.05) is 26.7 Å². The Balaban J connectivity index is 1.70. The SMILES string of the molecule is CCC(C)NC(=O)CCNC(=NC)N1CCC(Oc2ccccc2)CC1. The maximum atomic E-state index is 11.9. The molecule has 144 valence electrons. The molecule has 6 nitrogen and oxygen atoms in total. The summed E-state index contributed by atoms with van der Waals surface area (Å²) in [6.07, 6.45) is 3.57. The van der Waals surface area contributed by atoms with Crippen molar-refractivity contribution in [2.24, 2.45) is 4.99 Å². The third-order valence-corrected chi connectivity index (χ3v) is 4.65. The molecule has 1 aromatic carbocycles. The zero-order chi connectivity index (χ0) is 18.8. The molecule has 2 N–H and O–H groups in total. The fraction of sp³-hybridized carbons (Fsp3) is 0.600. The van der Waals surface area contributed by atoms with E-state index in [2.05, 4.69) is 27.4 Å². The van der Waals surface area contributed by atoms with Crippen LogP contribution in [0.2, 0.25) is 0 Å². The van der Waals surface area contributed by atoms with Gasteiger partial charge < -0.3 is 20.3 Å². The van der Waals surface area contributed by atoms with Gasteiger partial charge in [-0.15, -0.1) is 0 Å². The van der Waals surface area contributed by atoms with E-state index in [1.165, 1.54) is 0 Å². The van der Waals surface area contributed by atoms with Crippen molar-refractivity contribution in [3.63, 3.8) is 0 Å². The first-order valence-electron chi connectivity index (χ1n) is 9.59. The lowest BCUT2D eigenvalue weighted by molar-refractivity contribution is -0.121. The summed E-state index contributed by atoms with van der Waals surface area (Å²) in [5.74, 6) is 1.87. The van der Waals surface area contributed by atoms with Crippen LogP contribution < -0.4 is 15.4 Å². The van der Waals surface area contributed by atoms with Crippen LogP contribution in [-0.4, -0.2) is 55.6 Å². The summed E-state index contributed by atoms with van der Waals surface area (Å²) in [7, 11) is 1.79. The van der Waals surface area contributed by atoms with Crippen molar-refractivity contribution < 1.29 is 9.53 Å². The number of hydrogen-bond donors (Lipinski definition) is 2. The second kappa shape index (κ2) is 10.7. The molecule has 26 heavy (non-hydrogen) atoms. The average Bonchev–Trinajstić information content (AvgIpc) is 2.67. The Morgan fingerprint density at radius 3 is 2.62 bits per heavy atom. The van der Waals surface area contributed by atoms with E-state index in [0.717, 1.165) is 44.1 Å². The van der Waals surface area contributed by atoms with Crippen LogP contribution in [0, 0.1) is 0 Å². The van der Waals surface area contributed by atoms with Crippen molar-refractivity contribution in [3.05, 3.63) is 30.3 Å². The molecule has 0 bridgehead atoms. The molecule has 1 atom stereocenters. The number of nitrogens with one attached hydrogen (secondary N) is 2. The Kier molecular flexibility index (Phi) is 8.25. The molecule has 6 heteroatoms. The number of aliphatic imine (C=N–C) groups is 1. The highest BCUT2D eigenvalue weighted by molar-refractivity contribution is 5.81. The van der Waals surface area contributed by atoms with Crippen molar-refractivity contribution in [3.8, 4) is 5.75 Å². The molecule has 1 unspecified atom stereocenters. The maximum absolute atomic E-state index is 11.9. The van der Waals surface area contributed by atoms with Crippen LogP contribution in [-0.2, 0) is 4.79 Å². The Bertz CT molecular complexity index is 568. The molecule has 1 aliphatic heterocycles. The Morgan fingerprint density at radius 2 is 2.00 bits per heavy atom. The minimum atomic E-state index is 0.0808. The van der Waals surface area contributed by atoms with E-state index < -0.39 is 0 Å². The van der Waals surface area contributed by atoms with Crippen LogP contribution in [0.15, 0.2) is 35.3 Å². The molecule has 0 aromatic heterocycles. The number of carbonyl (C=O) groups excluding carboxylic acids is 1. The van der Waals surface area contributed by atoms with Crippen LogP contribution in [0.5, 0.6) is 5.75 Å². The molecule has 1 aromatic rings. The molecule has 1 heterocycles. The number of piperidine rings is 1. The zero-order valence-corrected chi connectivity index (χ0v) is 16.2. The van der Waals surface area contributed by atoms with Crippen LogP contribution in [0.4, 0.5) is 0 Å². The topological polar surface area (TPSA) is 66.0 Å². The van der Waals surface area contributed by atoms with Gasteiger partial charge in [0.1, 0.15) is 11.9 Å². The number of amides is 1. The van der Waals surface area contributed by atoms with Gasteiger partial charge in [-0.1, -0.05) is 25.1 Å². The largest absolute Gasteiger partial charge is 0.490 e. The minimum absolute atomic E-state index is 0.0808. The smallest absolute Gasteiger partial charge is 0.221 e. The van der Waals surface area contributed by atoms with Crippen molar-refractivity contribution in [2.45, 2.75) is 51.7 Å². The third-order valence-electron chi connectivity index (χ3n) is 4.65. The maximum Gasteiger partial charge on any atom is 0.221 e. The van der Waals surface area contributed by atoms with E-state index in [9.17, 15) is 4.79 Å². The summed E-state index contributed by atoms with van der Waals surface area (Å²) < 4.78 is 6.04. The fourth-order valence-electron chi connectivity index (χ4n) is 2.95. The number of likely N-dealkylation sites (tertiary alicyclic amines) is 1. The zero-order valence-electron chi connectivity index (χ0n) is 16.2. The molecule has 1 amide bonds. The first-order chi connectivity index (χ1) is 12.6. The van der Waals surface area contributed by atoms with Crippen LogP contribution >= 0.6 is 0 Å². The lowest BCUT2D eigenvalue weighted by atomic mass is 10.1. The molecule has 0 spiro atoms. The number of benzene rings is 1. The van der Waals surface area contributed by atoms with Crippen LogP contribution in [0.1, 0.15) is 39.5 Å². The van der Waals surface area contributed by atoms with E-state index >= 15 is 0 Å². The molecule has 0 radical (unpaired) electrons. The first kappa shape index (κ1) is 20.1. The highest BCUT2D eigenvalue weighted by Gasteiger charge is 2.22. The van der Waals surface area contributed by atoms with E-state index in [-0.39, 0.29) is 18.1 Å². The highest BCUT2D eigenvalue weighted by atomic mass is 16.5. The number of carbonyl (C=O) groups is 1. The molecule has 1 aliphatic rings. The predicted octanol–water partition coefficient (Wildman–Crippen LogP) is 2.41. The monoisotopic (exact) mass is 360 g/mol. The van der Waals surface area contributed by atoms with E-state index in [1.807, 2.05) is 37.3 Å². The third kappa shape index (κ3) is 6.58. The van der Waals surface area contributed by atoms with Gasteiger partial charge >= 0.3 is 0 Å². The van der Waals surface area contributed by atoms with Crippen LogP contribution in [0.25, 0.3) is 0 Å². The van der Waals surface area contributed by atoms with Gasteiger partial charge in [-0.2, -0.15) is 0 Å². The molecular formula is C20H32N4O2. The molecule has 0 saturated carbocycles. The second-order valence-electron chi connectivity index (χ2n) is 6.72.